The lowest BCUT2D eigenvalue weighted by Crippen LogP contribution is -2.86. The normalized spacial score (nSPS) is 42.3. The van der Waals surface area contributed by atoms with E-state index in [9.17, 15) is 19.5 Å². The molecule has 1 aromatic rings. The molecule has 0 saturated heterocycles. The number of allylic oxidation sites excluding steroid dienone is 1. The van der Waals surface area contributed by atoms with Crippen molar-refractivity contribution >= 4 is 51.5 Å². The number of carbonyl (C=O) groups excluding carboxylic acids is 3. The Morgan fingerprint density at radius 2 is 1.86 bits per heavy atom. The molecule has 4 aliphatic rings. The van der Waals surface area contributed by atoms with Crippen LogP contribution in [0.5, 0.6) is 0 Å². The Bertz CT molecular complexity index is 1380. The van der Waals surface area contributed by atoms with Crippen molar-refractivity contribution in [3.05, 3.63) is 48.6 Å². The molecular weight excluding hydrogens is 657 g/mol. The predicted octanol–water partition coefficient (Wildman–Crippen LogP) is 4.92. The van der Waals surface area contributed by atoms with E-state index in [-0.39, 0.29) is 33.2 Å². The molecule has 3 saturated carbocycles. The lowest BCUT2D eigenvalue weighted by Gasteiger charge is -2.71. The topological polar surface area (TPSA) is 145 Å². The van der Waals surface area contributed by atoms with E-state index >= 15 is 0 Å². The molecule has 0 bridgehead atoms. The first-order valence-corrected chi connectivity index (χ1v) is 16.7. The van der Waals surface area contributed by atoms with Gasteiger partial charge in [-0.3, -0.25) is 14.4 Å². The van der Waals surface area contributed by atoms with Gasteiger partial charge in [0, 0.05) is 35.0 Å². The summed E-state index contributed by atoms with van der Waals surface area (Å²) in [5.41, 5.74) is 11.8. The molecule has 6 N–H and O–H groups in total. The summed E-state index contributed by atoms with van der Waals surface area (Å²) < 4.78 is 6.49. The van der Waals surface area contributed by atoms with Crippen LogP contribution in [0.2, 0.25) is 0 Å². The van der Waals surface area contributed by atoms with E-state index in [0.29, 0.717) is 43.6 Å². The molecule has 0 heterocycles. The highest BCUT2D eigenvalue weighted by Crippen LogP contribution is 2.71. The van der Waals surface area contributed by atoms with Crippen LogP contribution >= 0.6 is 22.6 Å². The Morgan fingerprint density at radius 1 is 1.21 bits per heavy atom. The van der Waals surface area contributed by atoms with E-state index in [4.69, 9.17) is 16.2 Å². The number of aliphatic hydroxyl groups excluding tert-OH is 1. The molecule has 0 aliphatic heterocycles. The van der Waals surface area contributed by atoms with Crippen molar-refractivity contribution in [1.82, 2.24) is 0 Å². The van der Waals surface area contributed by atoms with Crippen LogP contribution in [-0.2, 0) is 19.1 Å². The summed E-state index contributed by atoms with van der Waals surface area (Å²) in [5, 5.41) is 14.9. The van der Waals surface area contributed by atoms with E-state index < -0.39 is 39.5 Å². The van der Waals surface area contributed by atoms with Gasteiger partial charge in [0.2, 0.25) is 5.91 Å². The zero-order valence-electron chi connectivity index (χ0n) is 25.9. The van der Waals surface area contributed by atoms with Gasteiger partial charge in [0.05, 0.1) is 21.0 Å². The predicted molar refractivity (Wildman–Crippen MR) is 176 cm³/mol. The van der Waals surface area contributed by atoms with Gasteiger partial charge in [-0.1, -0.05) is 56.0 Å². The number of halogens is 1. The van der Waals surface area contributed by atoms with Gasteiger partial charge >= 0.3 is 0 Å². The summed E-state index contributed by atoms with van der Waals surface area (Å²) in [6.07, 6.45) is 4.76. The fraction of sp³-hybridized carbons (Fsp3) is 0.618. The number of rotatable bonds is 7. The highest BCUT2D eigenvalue weighted by molar-refractivity contribution is 14.1. The van der Waals surface area contributed by atoms with Crippen LogP contribution in [0.15, 0.2) is 43.0 Å². The van der Waals surface area contributed by atoms with Crippen molar-refractivity contribution in [3.8, 4) is 0 Å². The summed E-state index contributed by atoms with van der Waals surface area (Å²) in [6.45, 7) is 14.0. The van der Waals surface area contributed by atoms with Gasteiger partial charge in [-0.15, -0.1) is 0 Å². The minimum atomic E-state index is -1.19. The van der Waals surface area contributed by atoms with Gasteiger partial charge in [0.1, 0.15) is 17.6 Å². The molecule has 43 heavy (non-hydrogen) atoms. The Balaban J connectivity index is 1.50. The number of anilines is 1. The largest absolute Gasteiger partial charge is 0.489 e. The van der Waals surface area contributed by atoms with E-state index in [1.54, 1.807) is 6.08 Å². The molecule has 0 aromatic heterocycles. The Kier molecular flexibility index (Phi) is 8.10. The second kappa shape index (κ2) is 10.8. The van der Waals surface area contributed by atoms with Crippen molar-refractivity contribution in [2.75, 3.05) is 5.32 Å². The van der Waals surface area contributed by atoms with Gasteiger partial charge in [-0.2, -0.15) is 0 Å². The molecule has 4 aliphatic carbocycles. The van der Waals surface area contributed by atoms with Gasteiger partial charge in [0.15, 0.2) is 5.78 Å². The molecule has 8 nitrogen and oxygen atoms in total. The number of ketones is 2. The lowest BCUT2D eigenvalue weighted by molar-refractivity contribution is -0.190. The van der Waals surface area contributed by atoms with Crippen molar-refractivity contribution in [1.29, 1.82) is 0 Å². The zero-order valence-corrected chi connectivity index (χ0v) is 28.1. The molecular formula is C34H46IN3O5. The summed E-state index contributed by atoms with van der Waals surface area (Å²) in [5.74, 6) is 0.266. The Hall–Kier alpha value is -2.08. The summed E-state index contributed by atoms with van der Waals surface area (Å²) in [4.78, 5) is 38.4. The standard InChI is InChI=1S/C34H46IN3O5/c1-7-26(40)32(6)28(43-20(3)21-8-10-23(11-9-21)38-29(42)19(2)35)17-25-31(32,5)18-27(41)34(37)30(4)14-13-24(39)16-22(30)12-15-33(25,34)36/h8-11,13-14,19,22,25,27-28,41H,3,7,12,15-18,36-37H2,1-2,4-6H3,(H,38,42)/t19-,22?,25?,27-,28?,30-,31-,32-,33?,34-/m0/s1. The van der Waals surface area contributed by atoms with Crippen molar-refractivity contribution in [2.45, 2.75) is 100 Å². The third-order valence-corrected chi connectivity index (χ3v) is 12.9. The SMILES string of the molecule is C=C(OC1CC2C3(N)CCC4CC(=O)C=C[C@]4(C)[C@@]3(N)[C@@H](O)C[C@]2(C)[C@@]1(C)C(=O)CC)c1ccc(NC(=O)[C@H](C)I)cc1. The zero-order chi connectivity index (χ0) is 31.8. The first-order valence-electron chi connectivity index (χ1n) is 15.4. The maximum absolute atomic E-state index is 14.0. The molecule has 234 valence electrons. The minimum Gasteiger partial charge on any atom is -0.489 e. The molecule has 1 amide bonds. The highest BCUT2D eigenvalue weighted by atomic mass is 127. The number of benzene rings is 1. The van der Waals surface area contributed by atoms with Crippen LogP contribution in [-0.4, -0.2) is 49.8 Å². The molecule has 0 spiro atoms. The molecule has 0 radical (unpaired) electrons. The third kappa shape index (κ3) is 4.42. The summed E-state index contributed by atoms with van der Waals surface area (Å²) in [7, 11) is 0. The highest BCUT2D eigenvalue weighted by Gasteiger charge is 2.78. The smallest absolute Gasteiger partial charge is 0.237 e. The van der Waals surface area contributed by atoms with E-state index in [1.165, 1.54) is 0 Å². The summed E-state index contributed by atoms with van der Waals surface area (Å²) in [6, 6.07) is 7.30. The maximum Gasteiger partial charge on any atom is 0.237 e. The molecule has 4 unspecified atom stereocenters. The molecule has 10 atom stereocenters. The first-order chi connectivity index (χ1) is 20.0. The van der Waals surface area contributed by atoms with E-state index in [1.807, 2.05) is 58.0 Å². The number of ether oxygens (including phenoxy) is 1. The van der Waals surface area contributed by atoms with Crippen molar-refractivity contribution < 1.29 is 24.2 Å². The van der Waals surface area contributed by atoms with Crippen LogP contribution in [0.1, 0.15) is 78.7 Å². The minimum absolute atomic E-state index is 0.00425. The molecule has 5 rings (SSSR count). The lowest BCUT2D eigenvalue weighted by atomic mass is 9.37. The Morgan fingerprint density at radius 3 is 2.47 bits per heavy atom. The first kappa shape index (κ1) is 32.3. The third-order valence-electron chi connectivity index (χ3n) is 12.3. The quantitative estimate of drug-likeness (QED) is 0.179. The van der Waals surface area contributed by atoms with Crippen LogP contribution in [0.3, 0.4) is 0 Å². The van der Waals surface area contributed by atoms with E-state index in [2.05, 4.69) is 41.4 Å². The monoisotopic (exact) mass is 703 g/mol. The second-order valence-electron chi connectivity index (χ2n) is 14.0. The maximum atomic E-state index is 14.0. The molecule has 3 fully saturated rings. The number of hydrogen-bond donors (Lipinski definition) is 4. The molecule has 9 heteroatoms. The van der Waals surface area contributed by atoms with Gasteiger partial charge in [-0.25, -0.2) is 0 Å². The average Bonchev–Trinajstić information content (AvgIpc) is 3.18. The number of nitrogens with two attached hydrogens (primary N) is 2. The number of nitrogens with one attached hydrogen (secondary N) is 1. The number of Topliss-reactive ketones (excluding diaryl/α,β-unsaturated/α-hetero) is 1. The van der Waals surface area contributed by atoms with Gasteiger partial charge in [0.25, 0.3) is 0 Å². The number of carbonyl (C=O) groups is 3. The van der Waals surface area contributed by atoms with E-state index in [0.717, 1.165) is 12.0 Å². The van der Waals surface area contributed by atoms with Crippen LogP contribution in [0.4, 0.5) is 5.69 Å². The number of alkyl halides is 1. The van der Waals surface area contributed by atoms with Gasteiger partial charge < -0.3 is 26.6 Å². The van der Waals surface area contributed by atoms with Crippen LogP contribution in [0, 0.1) is 28.1 Å². The number of hydrogen-bond acceptors (Lipinski definition) is 7. The second-order valence-corrected chi connectivity index (χ2v) is 15.9. The fourth-order valence-electron chi connectivity index (χ4n) is 9.44. The van der Waals surface area contributed by atoms with Crippen molar-refractivity contribution in [2.24, 2.45) is 39.5 Å². The van der Waals surface area contributed by atoms with Crippen LogP contribution in [0.25, 0.3) is 5.76 Å². The average molecular weight is 704 g/mol. The number of aliphatic hydroxyl groups is 1. The Labute approximate surface area is 268 Å². The van der Waals surface area contributed by atoms with Gasteiger partial charge in [-0.05, 0) is 87.1 Å². The number of fused-ring (bicyclic) bond motifs is 5. The summed E-state index contributed by atoms with van der Waals surface area (Å²) >= 11 is 2.07. The molecule has 1 aromatic carbocycles. The van der Waals surface area contributed by atoms with Crippen LogP contribution < -0.4 is 16.8 Å². The fourth-order valence-corrected chi connectivity index (χ4v) is 9.60. The number of amides is 1. The van der Waals surface area contributed by atoms with Crippen molar-refractivity contribution in [3.63, 3.8) is 0 Å².